The maximum absolute atomic E-state index is 12.6. The van der Waals surface area contributed by atoms with Crippen LogP contribution in [-0.4, -0.2) is 22.6 Å². The Morgan fingerprint density at radius 3 is 2.23 bits per heavy atom. The maximum atomic E-state index is 12.6. The minimum absolute atomic E-state index is 0.0508. The van der Waals surface area contributed by atoms with E-state index in [-0.39, 0.29) is 5.78 Å². The highest BCUT2D eigenvalue weighted by Crippen LogP contribution is 2.36. The van der Waals surface area contributed by atoms with Gasteiger partial charge < -0.3 is 4.98 Å². The van der Waals surface area contributed by atoms with Crippen LogP contribution >= 0.6 is 0 Å². The van der Waals surface area contributed by atoms with Crippen molar-refractivity contribution in [3.8, 4) is 0 Å². The fraction of sp³-hybridized carbons (Fsp3) is 0.0952. The van der Waals surface area contributed by atoms with Crippen molar-refractivity contribution in [2.45, 2.75) is 13.8 Å². The smallest absolute Gasteiger partial charge is 0.259 e. The molecule has 1 aliphatic heterocycles. The van der Waals surface area contributed by atoms with Gasteiger partial charge in [0, 0.05) is 27.7 Å². The number of fused-ring (bicyclic) bond motifs is 1. The van der Waals surface area contributed by atoms with E-state index < -0.39 is 11.8 Å². The molecule has 0 bridgehead atoms. The molecule has 0 spiro atoms. The number of carbonyl (C=O) groups excluding carboxylic acids is 3. The Hall–Kier alpha value is -3.47. The average Bonchev–Trinajstić information content (AvgIpc) is 3.09. The molecule has 2 heterocycles. The SMILES string of the molecule is CC(=O)c1ccc(C2=C(c3c(C)[nH]c4ccccc34)C(=O)NC2=O)cc1. The fourth-order valence-corrected chi connectivity index (χ4v) is 3.44. The zero-order chi connectivity index (χ0) is 18.4. The van der Waals surface area contributed by atoms with Gasteiger partial charge in [-0.25, -0.2) is 0 Å². The van der Waals surface area contributed by atoms with Gasteiger partial charge in [-0.15, -0.1) is 0 Å². The zero-order valence-electron chi connectivity index (χ0n) is 14.3. The molecule has 128 valence electrons. The number of H-pyrrole nitrogens is 1. The first kappa shape index (κ1) is 16.0. The highest BCUT2D eigenvalue weighted by atomic mass is 16.2. The molecule has 2 amide bonds. The molecular formula is C21H16N2O3. The van der Waals surface area contributed by atoms with E-state index in [9.17, 15) is 14.4 Å². The summed E-state index contributed by atoms with van der Waals surface area (Å²) in [6, 6.07) is 14.4. The van der Waals surface area contributed by atoms with Gasteiger partial charge in [0.1, 0.15) is 0 Å². The van der Waals surface area contributed by atoms with Gasteiger partial charge in [-0.2, -0.15) is 0 Å². The number of carbonyl (C=O) groups is 3. The topological polar surface area (TPSA) is 79.0 Å². The molecule has 5 nitrogen and oxygen atoms in total. The average molecular weight is 344 g/mol. The van der Waals surface area contributed by atoms with E-state index in [1.54, 1.807) is 24.3 Å². The first-order valence-corrected chi connectivity index (χ1v) is 8.26. The predicted octanol–water partition coefficient (Wildman–Crippen LogP) is 3.25. The van der Waals surface area contributed by atoms with Crippen LogP contribution < -0.4 is 5.32 Å². The summed E-state index contributed by atoms with van der Waals surface area (Å²) in [5, 5.41) is 3.29. The Morgan fingerprint density at radius 1 is 0.885 bits per heavy atom. The molecule has 0 radical (unpaired) electrons. The number of benzene rings is 2. The van der Waals surface area contributed by atoms with Crippen LogP contribution in [0.4, 0.5) is 0 Å². The molecule has 2 N–H and O–H groups in total. The first-order valence-electron chi connectivity index (χ1n) is 8.26. The van der Waals surface area contributed by atoms with Gasteiger partial charge in [-0.1, -0.05) is 42.5 Å². The van der Waals surface area contributed by atoms with Crippen molar-refractivity contribution < 1.29 is 14.4 Å². The second kappa shape index (κ2) is 5.81. The van der Waals surface area contributed by atoms with Crippen molar-refractivity contribution in [3.05, 3.63) is 70.9 Å². The molecule has 0 unspecified atom stereocenters. The normalized spacial score (nSPS) is 14.2. The second-order valence-corrected chi connectivity index (χ2v) is 6.34. The number of hydrogen-bond acceptors (Lipinski definition) is 3. The molecule has 5 heteroatoms. The molecule has 3 aromatic rings. The third-order valence-electron chi connectivity index (χ3n) is 4.65. The van der Waals surface area contributed by atoms with Crippen molar-refractivity contribution >= 4 is 39.6 Å². The summed E-state index contributed by atoms with van der Waals surface area (Å²) in [5.74, 6) is -0.885. The van der Waals surface area contributed by atoms with E-state index in [0.29, 0.717) is 22.3 Å². The zero-order valence-corrected chi connectivity index (χ0v) is 14.3. The lowest BCUT2D eigenvalue weighted by atomic mass is 9.93. The van der Waals surface area contributed by atoms with Gasteiger partial charge in [0.05, 0.1) is 11.1 Å². The van der Waals surface area contributed by atoms with Crippen molar-refractivity contribution in [2.75, 3.05) is 0 Å². The van der Waals surface area contributed by atoms with Crippen LogP contribution in [0.1, 0.15) is 34.1 Å². The number of aryl methyl sites for hydroxylation is 1. The summed E-state index contributed by atoms with van der Waals surface area (Å²) in [7, 11) is 0. The summed E-state index contributed by atoms with van der Waals surface area (Å²) in [5.41, 5.74) is 4.32. The number of rotatable bonds is 3. The summed E-state index contributed by atoms with van der Waals surface area (Å²) in [6.45, 7) is 3.37. The monoisotopic (exact) mass is 344 g/mol. The second-order valence-electron chi connectivity index (χ2n) is 6.34. The van der Waals surface area contributed by atoms with Crippen LogP contribution in [-0.2, 0) is 9.59 Å². The Labute approximate surface area is 149 Å². The number of Topliss-reactive ketones (excluding diaryl/α,β-unsaturated/α-hetero) is 1. The molecule has 1 aliphatic rings. The van der Waals surface area contributed by atoms with Crippen LogP contribution in [0.25, 0.3) is 22.0 Å². The van der Waals surface area contributed by atoms with Gasteiger partial charge in [0.25, 0.3) is 11.8 Å². The van der Waals surface area contributed by atoms with E-state index in [4.69, 9.17) is 0 Å². The van der Waals surface area contributed by atoms with Crippen LogP contribution in [0.2, 0.25) is 0 Å². The fourth-order valence-electron chi connectivity index (χ4n) is 3.44. The molecule has 26 heavy (non-hydrogen) atoms. The van der Waals surface area contributed by atoms with Crippen molar-refractivity contribution in [2.24, 2.45) is 0 Å². The Kier molecular flexibility index (Phi) is 3.58. The van der Waals surface area contributed by atoms with Crippen LogP contribution in [0, 0.1) is 6.92 Å². The number of imide groups is 1. The lowest BCUT2D eigenvalue weighted by molar-refractivity contribution is -0.122. The van der Waals surface area contributed by atoms with Gasteiger partial charge >= 0.3 is 0 Å². The number of amides is 2. The van der Waals surface area contributed by atoms with Crippen LogP contribution in [0.15, 0.2) is 48.5 Å². The maximum Gasteiger partial charge on any atom is 0.259 e. The van der Waals surface area contributed by atoms with Crippen molar-refractivity contribution in [1.29, 1.82) is 0 Å². The number of hydrogen-bond donors (Lipinski definition) is 2. The molecule has 0 fully saturated rings. The van der Waals surface area contributed by atoms with Crippen molar-refractivity contribution in [1.82, 2.24) is 10.3 Å². The standard InChI is InChI=1S/C21H16N2O3/c1-11-17(15-5-3-4-6-16(15)22-11)19-18(20(25)23-21(19)26)14-9-7-13(8-10-14)12(2)24/h3-10,22H,1-2H3,(H,23,25,26). The quantitative estimate of drug-likeness (QED) is 0.565. The Bertz CT molecular complexity index is 1120. The lowest BCUT2D eigenvalue weighted by Crippen LogP contribution is -2.22. The summed E-state index contributed by atoms with van der Waals surface area (Å²) < 4.78 is 0. The third kappa shape index (κ3) is 2.37. The molecule has 0 aliphatic carbocycles. The van der Waals surface area contributed by atoms with Gasteiger partial charge in [0.15, 0.2) is 5.78 Å². The number of aromatic amines is 1. The van der Waals surface area contributed by atoms with E-state index in [2.05, 4.69) is 10.3 Å². The van der Waals surface area contributed by atoms with Gasteiger partial charge in [0.2, 0.25) is 0 Å². The molecule has 2 aromatic carbocycles. The van der Waals surface area contributed by atoms with Crippen LogP contribution in [0.3, 0.4) is 0 Å². The molecule has 1 aromatic heterocycles. The predicted molar refractivity (Wildman–Crippen MR) is 99.4 cm³/mol. The van der Waals surface area contributed by atoms with Gasteiger partial charge in [-0.05, 0) is 25.5 Å². The highest BCUT2D eigenvalue weighted by Gasteiger charge is 2.34. The minimum atomic E-state index is -0.426. The van der Waals surface area contributed by atoms with Crippen molar-refractivity contribution in [3.63, 3.8) is 0 Å². The number of ketones is 1. The van der Waals surface area contributed by atoms with Crippen LogP contribution in [0.5, 0.6) is 0 Å². The summed E-state index contributed by atoms with van der Waals surface area (Å²) in [4.78, 5) is 39.8. The molecule has 0 atom stereocenters. The number of para-hydroxylation sites is 1. The highest BCUT2D eigenvalue weighted by molar-refractivity contribution is 6.50. The molecule has 4 rings (SSSR count). The third-order valence-corrected chi connectivity index (χ3v) is 4.65. The largest absolute Gasteiger partial charge is 0.358 e. The minimum Gasteiger partial charge on any atom is -0.358 e. The number of nitrogens with one attached hydrogen (secondary N) is 2. The van der Waals surface area contributed by atoms with E-state index in [1.165, 1.54) is 6.92 Å². The van der Waals surface area contributed by atoms with E-state index >= 15 is 0 Å². The first-order chi connectivity index (χ1) is 12.5. The molecular weight excluding hydrogens is 328 g/mol. The summed E-state index contributed by atoms with van der Waals surface area (Å²) in [6.07, 6.45) is 0. The Morgan fingerprint density at radius 2 is 1.54 bits per heavy atom. The lowest BCUT2D eigenvalue weighted by Gasteiger charge is -2.06. The summed E-state index contributed by atoms with van der Waals surface area (Å²) >= 11 is 0. The number of aromatic nitrogens is 1. The molecule has 0 saturated carbocycles. The Balaban J connectivity index is 1.98. The van der Waals surface area contributed by atoms with E-state index in [1.807, 2.05) is 31.2 Å². The molecule has 0 saturated heterocycles. The van der Waals surface area contributed by atoms with E-state index in [0.717, 1.165) is 22.2 Å². The van der Waals surface area contributed by atoms with Gasteiger partial charge in [-0.3, -0.25) is 19.7 Å².